The normalized spacial score (nSPS) is 11.0. The summed E-state index contributed by atoms with van der Waals surface area (Å²) >= 11 is 0. The molecule has 0 aliphatic carbocycles. The summed E-state index contributed by atoms with van der Waals surface area (Å²) in [6.07, 6.45) is -0.472. The summed E-state index contributed by atoms with van der Waals surface area (Å²) in [6, 6.07) is 8.68. The van der Waals surface area contributed by atoms with Gasteiger partial charge < -0.3 is 10.1 Å². The van der Waals surface area contributed by atoms with Gasteiger partial charge in [-0.3, -0.25) is 19.7 Å². The maximum atomic E-state index is 13.1. The Balaban J connectivity index is 1.87. The number of halogens is 1. The number of carbonyl (C=O) groups is 2. The van der Waals surface area contributed by atoms with E-state index >= 15 is 0 Å². The monoisotopic (exact) mass is 424 g/mol. The number of nitro benzene ring substituents is 1. The summed E-state index contributed by atoms with van der Waals surface area (Å²) in [6.45, 7) is 1.03. The highest BCUT2D eigenvalue weighted by molar-refractivity contribution is 7.91. The van der Waals surface area contributed by atoms with E-state index in [2.05, 4.69) is 5.32 Å². The minimum atomic E-state index is -3.69. The maximum absolute atomic E-state index is 13.1. The first-order valence-electron chi connectivity index (χ1n) is 8.27. The maximum Gasteiger partial charge on any atom is 0.307 e. The van der Waals surface area contributed by atoms with Crippen LogP contribution in [0.4, 0.5) is 15.8 Å². The average Bonchev–Trinajstić information content (AvgIpc) is 2.66. The molecule has 0 atom stereocenters. The second kappa shape index (κ2) is 9.24. The van der Waals surface area contributed by atoms with Crippen molar-refractivity contribution in [1.29, 1.82) is 0 Å². The number of nitro groups is 1. The molecule has 0 saturated heterocycles. The van der Waals surface area contributed by atoms with Crippen LogP contribution in [0.1, 0.15) is 12.0 Å². The lowest BCUT2D eigenvalue weighted by Crippen LogP contribution is -2.22. The fraction of sp³-hybridized carbons (Fsp3) is 0.222. The van der Waals surface area contributed by atoms with E-state index in [0.29, 0.717) is 6.07 Å². The summed E-state index contributed by atoms with van der Waals surface area (Å²) in [5, 5.41) is 13.0. The van der Waals surface area contributed by atoms with Gasteiger partial charge in [-0.25, -0.2) is 12.8 Å². The van der Waals surface area contributed by atoms with Crippen molar-refractivity contribution in [2.45, 2.75) is 18.2 Å². The first kappa shape index (κ1) is 22.0. The second-order valence-corrected chi connectivity index (χ2v) is 8.12. The van der Waals surface area contributed by atoms with Crippen LogP contribution in [0, 0.1) is 22.9 Å². The Morgan fingerprint density at radius 3 is 2.45 bits per heavy atom. The van der Waals surface area contributed by atoms with Gasteiger partial charge in [0, 0.05) is 0 Å². The molecule has 0 radical (unpaired) electrons. The van der Waals surface area contributed by atoms with Crippen molar-refractivity contribution < 1.29 is 32.1 Å². The minimum absolute atomic E-state index is 0.0669. The predicted molar refractivity (Wildman–Crippen MR) is 100 cm³/mol. The molecular weight excluding hydrogens is 407 g/mol. The molecule has 154 valence electrons. The minimum Gasteiger partial charge on any atom is -0.456 e. The van der Waals surface area contributed by atoms with Gasteiger partial charge in [-0.15, -0.1) is 0 Å². The van der Waals surface area contributed by atoms with Crippen LogP contribution in [0.3, 0.4) is 0 Å². The number of hydrogen-bond donors (Lipinski definition) is 1. The Morgan fingerprint density at radius 2 is 1.83 bits per heavy atom. The van der Waals surface area contributed by atoms with Gasteiger partial charge in [0.05, 0.1) is 28.1 Å². The molecule has 0 spiro atoms. The van der Waals surface area contributed by atoms with Gasteiger partial charge in [-0.2, -0.15) is 0 Å². The lowest BCUT2D eigenvalue weighted by atomic mass is 10.2. The van der Waals surface area contributed by atoms with Crippen molar-refractivity contribution >= 4 is 33.1 Å². The summed E-state index contributed by atoms with van der Waals surface area (Å²) < 4.78 is 42.1. The molecule has 0 aliphatic rings. The number of hydrogen-bond acceptors (Lipinski definition) is 7. The summed E-state index contributed by atoms with van der Waals surface area (Å²) in [7, 11) is -3.69. The van der Waals surface area contributed by atoms with Crippen molar-refractivity contribution in [3.63, 3.8) is 0 Å². The molecule has 2 aromatic carbocycles. The molecule has 29 heavy (non-hydrogen) atoms. The van der Waals surface area contributed by atoms with Gasteiger partial charge in [-0.1, -0.05) is 17.7 Å². The fourth-order valence-corrected chi connectivity index (χ4v) is 3.47. The lowest BCUT2D eigenvalue weighted by molar-refractivity contribution is -0.384. The van der Waals surface area contributed by atoms with Crippen molar-refractivity contribution in [3.05, 3.63) is 64.0 Å². The van der Waals surface area contributed by atoms with E-state index < -0.39 is 56.9 Å². The molecule has 2 aromatic rings. The number of sulfone groups is 1. The highest BCUT2D eigenvalue weighted by Gasteiger charge is 2.19. The topological polar surface area (TPSA) is 133 Å². The van der Waals surface area contributed by atoms with Crippen LogP contribution >= 0.6 is 0 Å². The van der Waals surface area contributed by atoms with E-state index in [4.69, 9.17) is 4.74 Å². The van der Waals surface area contributed by atoms with Crippen molar-refractivity contribution in [2.24, 2.45) is 0 Å². The van der Waals surface area contributed by atoms with E-state index in [-0.39, 0.29) is 10.6 Å². The molecule has 0 aromatic heterocycles. The first-order valence-corrected chi connectivity index (χ1v) is 9.92. The Hall–Kier alpha value is -3.34. The van der Waals surface area contributed by atoms with Crippen LogP contribution in [0.5, 0.6) is 0 Å². The number of nitrogens with zero attached hydrogens (tertiary/aromatic N) is 1. The number of amides is 1. The summed E-state index contributed by atoms with van der Waals surface area (Å²) in [5.74, 6) is -3.17. The van der Waals surface area contributed by atoms with E-state index in [1.807, 2.05) is 0 Å². The Bertz CT molecular complexity index is 1040. The third-order valence-corrected chi connectivity index (χ3v) is 5.48. The molecule has 0 fully saturated rings. The molecule has 0 saturated carbocycles. The van der Waals surface area contributed by atoms with Crippen LogP contribution in [-0.4, -0.2) is 37.6 Å². The second-order valence-electron chi connectivity index (χ2n) is 6.01. The summed E-state index contributed by atoms with van der Waals surface area (Å²) in [4.78, 5) is 33.6. The lowest BCUT2D eigenvalue weighted by Gasteiger charge is -2.08. The van der Waals surface area contributed by atoms with Crippen LogP contribution in [-0.2, 0) is 24.2 Å². The SMILES string of the molecule is Cc1ccc(S(=O)(=O)CCC(=O)OCC(=O)Nc2ccc(F)cc2[N+](=O)[O-])cc1. The van der Waals surface area contributed by atoms with Crippen molar-refractivity contribution in [1.82, 2.24) is 0 Å². The van der Waals surface area contributed by atoms with E-state index in [9.17, 15) is 32.5 Å². The third kappa shape index (κ3) is 6.35. The smallest absolute Gasteiger partial charge is 0.307 e. The van der Waals surface area contributed by atoms with Crippen LogP contribution < -0.4 is 5.32 Å². The zero-order valence-corrected chi connectivity index (χ0v) is 16.1. The molecule has 0 unspecified atom stereocenters. The largest absolute Gasteiger partial charge is 0.456 e. The number of carbonyl (C=O) groups excluding carboxylic acids is 2. The standard InChI is InChI=1S/C18H17FN2O7S/c1-12-2-5-14(6-3-12)29(26,27)9-8-18(23)28-11-17(22)20-15-7-4-13(19)10-16(15)21(24)25/h2-7,10H,8-9,11H2,1H3,(H,20,22). The molecule has 2 rings (SSSR count). The van der Waals surface area contributed by atoms with E-state index in [1.165, 1.54) is 12.1 Å². The average molecular weight is 424 g/mol. The van der Waals surface area contributed by atoms with Crippen LogP contribution in [0.25, 0.3) is 0 Å². The number of nitrogens with one attached hydrogen (secondary N) is 1. The Morgan fingerprint density at radius 1 is 1.17 bits per heavy atom. The van der Waals surface area contributed by atoms with Crippen molar-refractivity contribution in [3.8, 4) is 0 Å². The molecule has 11 heteroatoms. The Labute approximate surface area is 165 Å². The van der Waals surface area contributed by atoms with Gasteiger partial charge in [0.1, 0.15) is 11.5 Å². The zero-order valence-electron chi connectivity index (χ0n) is 15.3. The molecule has 0 bridgehead atoms. The molecule has 9 nitrogen and oxygen atoms in total. The molecule has 0 aliphatic heterocycles. The van der Waals surface area contributed by atoms with Crippen LogP contribution in [0.2, 0.25) is 0 Å². The van der Waals surface area contributed by atoms with Gasteiger partial charge in [0.25, 0.3) is 11.6 Å². The Kier molecular flexibility index (Phi) is 6.99. The quantitative estimate of drug-likeness (QED) is 0.391. The fourth-order valence-electron chi connectivity index (χ4n) is 2.25. The molecule has 1 amide bonds. The van der Waals surface area contributed by atoms with Gasteiger partial charge >= 0.3 is 5.97 Å². The van der Waals surface area contributed by atoms with Gasteiger partial charge in [0.2, 0.25) is 0 Å². The third-order valence-electron chi connectivity index (χ3n) is 3.75. The number of ether oxygens (including phenoxy) is 1. The van der Waals surface area contributed by atoms with E-state index in [1.54, 1.807) is 19.1 Å². The molecule has 0 heterocycles. The van der Waals surface area contributed by atoms with E-state index in [0.717, 1.165) is 17.7 Å². The molecule has 1 N–H and O–H groups in total. The van der Waals surface area contributed by atoms with Crippen LogP contribution in [0.15, 0.2) is 47.4 Å². The predicted octanol–water partition coefficient (Wildman–Crippen LogP) is 2.39. The highest BCUT2D eigenvalue weighted by Crippen LogP contribution is 2.24. The highest BCUT2D eigenvalue weighted by atomic mass is 32.2. The van der Waals surface area contributed by atoms with Gasteiger partial charge in [-0.05, 0) is 31.2 Å². The number of esters is 1. The number of anilines is 1. The zero-order chi connectivity index (χ0) is 21.6. The summed E-state index contributed by atoms with van der Waals surface area (Å²) in [5.41, 5.74) is -0.0379. The molecular formula is C18H17FN2O7S. The first-order chi connectivity index (χ1) is 13.6. The number of rotatable bonds is 8. The number of aryl methyl sites for hydroxylation is 1. The van der Waals surface area contributed by atoms with Gasteiger partial charge in [0.15, 0.2) is 16.4 Å². The number of benzene rings is 2. The van der Waals surface area contributed by atoms with Crippen molar-refractivity contribution in [2.75, 3.05) is 17.7 Å².